The highest BCUT2D eigenvalue weighted by atomic mass is 16.4. The fourth-order valence-electron chi connectivity index (χ4n) is 1.93. The number of amides is 1. The Labute approximate surface area is 119 Å². The average molecular weight is 281 g/mol. The van der Waals surface area contributed by atoms with Crippen molar-refractivity contribution in [2.75, 3.05) is 0 Å². The fraction of sp³-hybridized carbons (Fsp3) is 0.600. The summed E-state index contributed by atoms with van der Waals surface area (Å²) in [7, 11) is 0. The Kier molecular flexibility index (Phi) is 7.47. The molecule has 0 saturated heterocycles. The summed E-state index contributed by atoms with van der Waals surface area (Å²) in [6.45, 7) is 2.42. The molecule has 0 aromatic carbocycles. The standard InChI is InChI=1S/C15H23NO4/c1-2-3-4-5-6-7-8-14(17)16-11-12-9-10-13(20-12)15(18)19/h9-10H,2-8,11H2,1H3,(H,16,17)(H,18,19). The number of carboxylic acids is 1. The zero-order valence-electron chi connectivity index (χ0n) is 12.0. The first-order valence-corrected chi connectivity index (χ1v) is 7.22. The minimum atomic E-state index is -1.10. The van der Waals surface area contributed by atoms with Crippen LogP contribution in [0.1, 0.15) is 68.2 Å². The number of aromatic carboxylic acids is 1. The zero-order valence-corrected chi connectivity index (χ0v) is 12.0. The molecule has 1 rings (SSSR count). The van der Waals surface area contributed by atoms with Gasteiger partial charge in [0.1, 0.15) is 5.76 Å². The molecule has 0 spiro atoms. The summed E-state index contributed by atoms with van der Waals surface area (Å²) in [5, 5.41) is 11.4. The van der Waals surface area contributed by atoms with Gasteiger partial charge >= 0.3 is 5.97 Å². The molecule has 1 aromatic heterocycles. The first-order chi connectivity index (χ1) is 9.63. The molecule has 0 aliphatic heterocycles. The third kappa shape index (κ3) is 6.41. The lowest BCUT2D eigenvalue weighted by molar-refractivity contribution is -0.121. The van der Waals surface area contributed by atoms with Gasteiger partial charge in [-0.25, -0.2) is 4.79 Å². The van der Waals surface area contributed by atoms with Gasteiger partial charge in [0.2, 0.25) is 11.7 Å². The summed E-state index contributed by atoms with van der Waals surface area (Å²) in [6.07, 6.45) is 7.40. The second-order valence-corrected chi connectivity index (χ2v) is 4.87. The minimum absolute atomic E-state index is 0.0197. The van der Waals surface area contributed by atoms with Crippen molar-refractivity contribution >= 4 is 11.9 Å². The summed E-state index contributed by atoms with van der Waals surface area (Å²) in [4.78, 5) is 22.2. The van der Waals surface area contributed by atoms with E-state index in [1.807, 2.05) is 0 Å². The molecule has 0 bridgehead atoms. The third-order valence-corrected chi connectivity index (χ3v) is 3.09. The van der Waals surface area contributed by atoms with Crippen LogP contribution >= 0.6 is 0 Å². The first-order valence-electron chi connectivity index (χ1n) is 7.22. The van der Waals surface area contributed by atoms with E-state index in [1.165, 1.54) is 31.7 Å². The minimum Gasteiger partial charge on any atom is -0.475 e. The van der Waals surface area contributed by atoms with E-state index in [1.54, 1.807) is 6.07 Å². The molecule has 0 unspecified atom stereocenters. The molecule has 1 aromatic rings. The van der Waals surface area contributed by atoms with E-state index >= 15 is 0 Å². The van der Waals surface area contributed by atoms with E-state index in [-0.39, 0.29) is 18.2 Å². The van der Waals surface area contributed by atoms with Crippen molar-refractivity contribution in [3.8, 4) is 0 Å². The second-order valence-electron chi connectivity index (χ2n) is 4.87. The lowest BCUT2D eigenvalue weighted by Gasteiger charge is -2.03. The molecule has 1 heterocycles. The fourth-order valence-corrected chi connectivity index (χ4v) is 1.93. The molecular weight excluding hydrogens is 258 g/mol. The highest BCUT2D eigenvalue weighted by Crippen LogP contribution is 2.09. The van der Waals surface area contributed by atoms with Gasteiger partial charge in [0.25, 0.3) is 0 Å². The SMILES string of the molecule is CCCCCCCCC(=O)NCc1ccc(C(=O)O)o1. The highest BCUT2D eigenvalue weighted by molar-refractivity contribution is 5.84. The van der Waals surface area contributed by atoms with E-state index in [0.29, 0.717) is 12.2 Å². The van der Waals surface area contributed by atoms with Crippen molar-refractivity contribution in [1.29, 1.82) is 0 Å². The number of hydrogen-bond donors (Lipinski definition) is 2. The summed E-state index contributed by atoms with van der Waals surface area (Å²) < 4.78 is 5.05. The lowest BCUT2D eigenvalue weighted by atomic mass is 10.1. The zero-order chi connectivity index (χ0) is 14.8. The highest BCUT2D eigenvalue weighted by Gasteiger charge is 2.09. The molecule has 20 heavy (non-hydrogen) atoms. The van der Waals surface area contributed by atoms with Crippen molar-refractivity contribution in [2.24, 2.45) is 0 Å². The van der Waals surface area contributed by atoms with Gasteiger partial charge in [-0.1, -0.05) is 39.0 Å². The number of furan rings is 1. The van der Waals surface area contributed by atoms with Gasteiger partial charge < -0.3 is 14.8 Å². The Bertz CT molecular complexity index is 425. The van der Waals surface area contributed by atoms with Crippen LogP contribution in [0.25, 0.3) is 0 Å². The maximum Gasteiger partial charge on any atom is 0.371 e. The van der Waals surface area contributed by atoms with Gasteiger partial charge in [0, 0.05) is 6.42 Å². The number of carboxylic acid groups (broad SMARTS) is 1. The molecule has 0 saturated carbocycles. The van der Waals surface area contributed by atoms with Crippen molar-refractivity contribution < 1.29 is 19.1 Å². The van der Waals surface area contributed by atoms with Crippen LogP contribution in [-0.4, -0.2) is 17.0 Å². The quantitative estimate of drug-likeness (QED) is 0.645. The topological polar surface area (TPSA) is 79.5 Å². The number of hydrogen-bond acceptors (Lipinski definition) is 3. The predicted molar refractivity (Wildman–Crippen MR) is 75.5 cm³/mol. The summed E-state index contributed by atoms with van der Waals surface area (Å²) in [5.41, 5.74) is 0. The largest absolute Gasteiger partial charge is 0.475 e. The van der Waals surface area contributed by atoms with E-state index in [9.17, 15) is 9.59 Å². The van der Waals surface area contributed by atoms with Crippen LogP contribution in [0.3, 0.4) is 0 Å². The van der Waals surface area contributed by atoms with Crippen molar-refractivity contribution in [2.45, 2.75) is 58.4 Å². The maximum absolute atomic E-state index is 11.6. The predicted octanol–water partition coefficient (Wildman–Crippen LogP) is 3.34. The first kappa shape index (κ1) is 16.3. The molecule has 5 nitrogen and oxygen atoms in total. The van der Waals surface area contributed by atoms with Gasteiger partial charge in [-0.05, 0) is 18.6 Å². The van der Waals surface area contributed by atoms with E-state index in [0.717, 1.165) is 12.8 Å². The summed E-state index contributed by atoms with van der Waals surface area (Å²) in [6, 6.07) is 2.95. The van der Waals surface area contributed by atoms with Crippen molar-refractivity contribution in [3.05, 3.63) is 23.7 Å². The second kappa shape index (κ2) is 9.18. The van der Waals surface area contributed by atoms with Gasteiger partial charge in [-0.2, -0.15) is 0 Å². The van der Waals surface area contributed by atoms with Gasteiger partial charge in [0.15, 0.2) is 0 Å². The molecule has 112 valence electrons. The van der Waals surface area contributed by atoms with Crippen molar-refractivity contribution in [3.63, 3.8) is 0 Å². The third-order valence-electron chi connectivity index (χ3n) is 3.09. The Balaban J connectivity index is 2.11. The molecule has 0 aliphatic carbocycles. The molecule has 0 aliphatic rings. The summed E-state index contributed by atoms with van der Waals surface area (Å²) >= 11 is 0. The molecule has 5 heteroatoms. The molecule has 2 N–H and O–H groups in total. The number of carbonyl (C=O) groups is 2. The van der Waals surface area contributed by atoms with E-state index < -0.39 is 5.97 Å². The number of carbonyl (C=O) groups excluding carboxylic acids is 1. The summed E-state index contributed by atoms with van der Waals surface area (Å²) in [5.74, 6) is -0.771. The van der Waals surface area contributed by atoms with Crippen LogP contribution in [0.5, 0.6) is 0 Å². The van der Waals surface area contributed by atoms with Crippen LogP contribution in [0.15, 0.2) is 16.5 Å². The van der Waals surface area contributed by atoms with Gasteiger partial charge in [0.05, 0.1) is 6.54 Å². The van der Waals surface area contributed by atoms with Crippen molar-refractivity contribution in [1.82, 2.24) is 5.32 Å². The number of rotatable bonds is 10. The van der Waals surface area contributed by atoms with Crippen LogP contribution < -0.4 is 5.32 Å². The van der Waals surface area contributed by atoms with E-state index in [2.05, 4.69) is 12.2 Å². The lowest BCUT2D eigenvalue weighted by Crippen LogP contribution is -2.22. The monoisotopic (exact) mass is 281 g/mol. The molecular formula is C15H23NO4. The molecule has 1 amide bonds. The Morgan fingerprint density at radius 2 is 1.85 bits per heavy atom. The molecule has 0 fully saturated rings. The normalized spacial score (nSPS) is 10.4. The molecule has 0 atom stereocenters. The number of nitrogens with one attached hydrogen (secondary N) is 1. The van der Waals surface area contributed by atoms with Gasteiger partial charge in [-0.3, -0.25) is 4.79 Å². The van der Waals surface area contributed by atoms with E-state index in [4.69, 9.17) is 9.52 Å². The number of unbranched alkanes of at least 4 members (excludes halogenated alkanes) is 5. The maximum atomic E-state index is 11.6. The van der Waals surface area contributed by atoms with Crippen LogP contribution in [0, 0.1) is 0 Å². The van der Waals surface area contributed by atoms with Gasteiger partial charge in [-0.15, -0.1) is 0 Å². The van der Waals surface area contributed by atoms with Crippen LogP contribution in [0.4, 0.5) is 0 Å². The Hall–Kier alpha value is -1.78. The van der Waals surface area contributed by atoms with Crippen LogP contribution in [0.2, 0.25) is 0 Å². The molecule has 0 radical (unpaired) electrons. The Morgan fingerprint density at radius 3 is 2.50 bits per heavy atom. The van der Waals surface area contributed by atoms with Crippen LogP contribution in [-0.2, 0) is 11.3 Å². The Morgan fingerprint density at radius 1 is 1.15 bits per heavy atom. The smallest absolute Gasteiger partial charge is 0.371 e. The average Bonchev–Trinajstić information content (AvgIpc) is 2.89.